The Bertz CT molecular complexity index is 438. The SMILES string of the molecule is C=CCN=C(NC(=O)c1ccc(OC)cc1)OC. The molecular formula is C13H16N2O3. The minimum absolute atomic E-state index is 0.163. The maximum atomic E-state index is 11.8. The Morgan fingerprint density at radius 3 is 2.56 bits per heavy atom. The second-order valence-electron chi connectivity index (χ2n) is 3.32. The lowest BCUT2D eigenvalue weighted by molar-refractivity contribution is 0.0968. The van der Waals surface area contributed by atoms with Crippen LogP contribution in [0.2, 0.25) is 0 Å². The summed E-state index contributed by atoms with van der Waals surface area (Å²) in [5.74, 6) is 0.404. The van der Waals surface area contributed by atoms with E-state index in [4.69, 9.17) is 9.47 Å². The molecule has 0 aromatic heterocycles. The number of rotatable bonds is 4. The molecule has 0 saturated heterocycles. The number of ether oxygens (including phenoxy) is 2. The third-order valence-electron chi connectivity index (χ3n) is 2.13. The molecule has 1 N–H and O–H groups in total. The molecule has 0 spiro atoms. The second-order valence-corrected chi connectivity index (χ2v) is 3.32. The van der Waals surface area contributed by atoms with Crippen molar-refractivity contribution >= 4 is 11.9 Å². The number of amides is 1. The lowest BCUT2D eigenvalue weighted by Gasteiger charge is -2.07. The van der Waals surface area contributed by atoms with Crippen LogP contribution in [0.15, 0.2) is 41.9 Å². The van der Waals surface area contributed by atoms with Crippen LogP contribution in [0, 0.1) is 0 Å². The first-order chi connectivity index (χ1) is 8.71. The zero-order chi connectivity index (χ0) is 13.4. The van der Waals surface area contributed by atoms with Gasteiger partial charge in [0.1, 0.15) is 5.75 Å². The third-order valence-corrected chi connectivity index (χ3v) is 2.13. The highest BCUT2D eigenvalue weighted by Gasteiger charge is 2.08. The average Bonchev–Trinajstić information content (AvgIpc) is 2.43. The summed E-state index contributed by atoms with van der Waals surface area (Å²) in [5.41, 5.74) is 0.499. The zero-order valence-corrected chi connectivity index (χ0v) is 10.5. The highest BCUT2D eigenvalue weighted by atomic mass is 16.5. The number of carbonyl (C=O) groups excluding carboxylic acids is 1. The van der Waals surface area contributed by atoms with Gasteiger partial charge in [-0.15, -0.1) is 6.58 Å². The lowest BCUT2D eigenvalue weighted by Crippen LogP contribution is -2.31. The van der Waals surface area contributed by atoms with E-state index in [2.05, 4.69) is 16.9 Å². The molecule has 18 heavy (non-hydrogen) atoms. The molecule has 0 aliphatic heterocycles. The van der Waals surface area contributed by atoms with Crippen LogP contribution in [-0.2, 0) is 4.74 Å². The first kappa shape index (κ1) is 13.8. The predicted molar refractivity (Wildman–Crippen MR) is 70.0 cm³/mol. The summed E-state index contributed by atoms with van der Waals surface area (Å²) in [5, 5.41) is 2.56. The van der Waals surface area contributed by atoms with Crippen LogP contribution in [0.4, 0.5) is 0 Å². The van der Waals surface area contributed by atoms with Crippen molar-refractivity contribution in [1.29, 1.82) is 0 Å². The fourth-order valence-electron chi connectivity index (χ4n) is 1.21. The number of methoxy groups -OCH3 is 2. The van der Waals surface area contributed by atoms with E-state index in [9.17, 15) is 4.79 Å². The highest BCUT2D eigenvalue weighted by Crippen LogP contribution is 2.10. The molecule has 5 nitrogen and oxygen atoms in total. The quantitative estimate of drug-likeness (QED) is 0.500. The van der Waals surface area contributed by atoms with Gasteiger partial charge in [-0.05, 0) is 24.3 Å². The highest BCUT2D eigenvalue weighted by molar-refractivity contribution is 6.04. The molecule has 1 aromatic carbocycles. The second kappa shape index (κ2) is 7.11. The molecule has 0 fully saturated rings. The molecule has 96 valence electrons. The van der Waals surface area contributed by atoms with E-state index in [1.165, 1.54) is 7.11 Å². The largest absolute Gasteiger partial charge is 0.497 e. The van der Waals surface area contributed by atoms with Gasteiger partial charge >= 0.3 is 0 Å². The molecule has 0 bridgehead atoms. The Labute approximate surface area is 106 Å². The van der Waals surface area contributed by atoms with Gasteiger partial charge in [-0.1, -0.05) is 6.08 Å². The fourth-order valence-corrected chi connectivity index (χ4v) is 1.21. The van der Waals surface area contributed by atoms with Gasteiger partial charge in [0.2, 0.25) is 0 Å². The molecule has 0 heterocycles. The topological polar surface area (TPSA) is 59.9 Å². The first-order valence-electron chi connectivity index (χ1n) is 5.36. The van der Waals surface area contributed by atoms with E-state index in [-0.39, 0.29) is 11.9 Å². The molecule has 0 saturated carbocycles. The van der Waals surface area contributed by atoms with Gasteiger partial charge in [0.25, 0.3) is 11.9 Å². The molecule has 1 rings (SSSR count). The van der Waals surface area contributed by atoms with Crippen LogP contribution in [-0.4, -0.2) is 32.7 Å². The van der Waals surface area contributed by atoms with Gasteiger partial charge in [0, 0.05) is 5.56 Å². The van der Waals surface area contributed by atoms with E-state index >= 15 is 0 Å². The molecule has 1 amide bonds. The lowest BCUT2D eigenvalue weighted by atomic mass is 10.2. The van der Waals surface area contributed by atoms with Gasteiger partial charge in [-0.25, -0.2) is 4.99 Å². The van der Waals surface area contributed by atoms with E-state index in [1.807, 2.05) is 0 Å². The maximum absolute atomic E-state index is 11.8. The Balaban J connectivity index is 2.71. The van der Waals surface area contributed by atoms with Crippen molar-refractivity contribution in [2.45, 2.75) is 0 Å². The summed E-state index contributed by atoms with van der Waals surface area (Å²) >= 11 is 0. The smallest absolute Gasteiger partial charge is 0.291 e. The molecule has 5 heteroatoms. The molecule has 0 atom stereocenters. The number of hydrogen-bond acceptors (Lipinski definition) is 4. The first-order valence-corrected chi connectivity index (χ1v) is 5.36. The number of nitrogens with one attached hydrogen (secondary N) is 1. The third kappa shape index (κ3) is 3.93. The van der Waals surface area contributed by atoms with Crippen LogP contribution in [0.5, 0.6) is 5.75 Å². The Kier molecular flexibility index (Phi) is 5.44. The molecule has 0 radical (unpaired) electrons. The summed E-state index contributed by atoms with van der Waals surface area (Å²) in [6.45, 7) is 3.92. The Hall–Kier alpha value is -2.30. The van der Waals surface area contributed by atoms with Crippen LogP contribution >= 0.6 is 0 Å². The van der Waals surface area contributed by atoms with Crippen LogP contribution in [0.3, 0.4) is 0 Å². The summed E-state index contributed by atoms with van der Waals surface area (Å²) in [6, 6.07) is 6.91. The molecule has 1 aromatic rings. The van der Waals surface area contributed by atoms with Crippen molar-refractivity contribution in [3.05, 3.63) is 42.5 Å². The van der Waals surface area contributed by atoms with Crippen molar-refractivity contribution < 1.29 is 14.3 Å². The number of carbonyl (C=O) groups is 1. The number of hydrogen-bond donors (Lipinski definition) is 1. The summed E-state index contributed by atoms with van der Waals surface area (Å²) < 4.78 is 9.95. The van der Waals surface area contributed by atoms with Crippen LogP contribution < -0.4 is 10.1 Å². The number of amidine groups is 1. The number of benzene rings is 1. The molecule has 0 aliphatic rings. The summed E-state index contributed by atoms with van der Waals surface area (Å²) in [6.07, 6.45) is 1.61. The number of aliphatic imine (C=N–C) groups is 1. The van der Waals surface area contributed by atoms with Gasteiger partial charge in [0.05, 0.1) is 20.8 Å². The summed E-state index contributed by atoms with van der Waals surface area (Å²) in [4.78, 5) is 15.8. The van der Waals surface area contributed by atoms with Crippen molar-refractivity contribution in [1.82, 2.24) is 5.32 Å². The minimum atomic E-state index is -0.290. The minimum Gasteiger partial charge on any atom is -0.497 e. The van der Waals surface area contributed by atoms with E-state index < -0.39 is 0 Å². The van der Waals surface area contributed by atoms with Crippen molar-refractivity contribution in [3.63, 3.8) is 0 Å². The van der Waals surface area contributed by atoms with Crippen molar-refractivity contribution in [2.24, 2.45) is 4.99 Å². The maximum Gasteiger partial charge on any atom is 0.291 e. The number of nitrogens with zero attached hydrogens (tertiary/aromatic N) is 1. The monoisotopic (exact) mass is 248 g/mol. The van der Waals surface area contributed by atoms with E-state index in [0.29, 0.717) is 17.9 Å². The normalized spacial score (nSPS) is 10.7. The standard InChI is InChI=1S/C13H16N2O3/c1-4-9-14-13(18-3)15-12(16)10-5-7-11(17-2)8-6-10/h4-8H,1,9H2,2-3H3,(H,14,15,16). The fraction of sp³-hybridized carbons (Fsp3) is 0.231. The van der Waals surface area contributed by atoms with Gasteiger partial charge in [-0.2, -0.15) is 0 Å². The van der Waals surface area contributed by atoms with Crippen LogP contribution in [0.25, 0.3) is 0 Å². The predicted octanol–water partition coefficient (Wildman–Crippen LogP) is 1.61. The van der Waals surface area contributed by atoms with Gasteiger partial charge in [0.15, 0.2) is 0 Å². The Morgan fingerprint density at radius 2 is 2.06 bits per heavy atom. The summed E-state index contributed by atoms with van der Waals surface area (Å²) in [7, 11) is 3.01. The van der Waals surface area contributed by atoms with Gasteiger partial charge < -0.3 is 9.47 Å². The van der Waals surface area contributed by atoms with Crippen LogP contribution in [0.1, 0.15) is 10.4 Å². The van der Waals surface area contributed by atoms with Crippen molar-refractivity contribution in [2.75, 3.05) is 20.8 Å². The van der Waals surface area contributed by atoms with E-state index in [1.54, 1.807) is 37.5 Å². The van der Waals surface area contributed by atoms with Gasteiger partial charge in [-0.3, -0.25) is 10.1 Å². The molecule has 0 unspecified atom stereocenters. The molecule has 0 aliphatic carbocycles. The Morgan fingerprint density at radius 1 is 1.39 bits per heavy atom. The molecular weight excluding hydrogens is 232 g/mol. The van der Waals surface area contributed by atoms with E-state index in [0.717, 1.165) is 0 Å². The van der Waals surface area contributed by atoms with Crippen molar-refractivity contribution in [3.8, 4) is 5.75 Å². The zero-order valence-electron chi connectivity index (χ0n) is 10.5. The average molecular weight is 248 g/mol.